The molecule has 0 saturated carbocycles. The molecule has 0 spiro atoms. The van der Waals surface area contributed by atoms with Crippen LogP contribution in [0.25, 0.3) is 22.3 Å². The minimum atomic E-state index is -0.266. The first kappa shape index (κ1) is 37.9. The van der Waals surface area contributed by atoms with Gasteiger partial charge in [0.15, 0.2) is 0 Å². The van der Waals surface area contributed by atoms with Gasteiger partial charge in [-0.15, -0.1) is 0 Å². The summed E-state index contributed by atoms with van der Waals surface area (Å²) in [6, 6.07) is 24.3. The molecule has 7 heteroatoms. The third-order valence-electron chi connectivity index (χ3n) is 9.84. The standard InChI is InChI=1S/C45H53N5O2/c1-12-48(42-18-14-16-20-46-42)44-36(28(3)4)22-33(23-37(44)29(5)6)40-26-35(50(51)52)27-41(32(40)11)34-24-38(30(7)8)45(39(25-34)31(9)10)49(13-2)43-19-15-17-21-47-43/h12-31H,1-11H3/q+2. The number of rotatable bonds is 11. The van der Waals surface area contributed by atoms with E-state index in [-0.39, 0.29) is 34.3 Å². The molecular weight excluding hydrogens is 643 g/mol. The highest BCUT2D eigenvalue weighted by Gasteiger charge is 2.28. The van der Waals surface area contributed by atoms with E-state index < -0.39 is 0 Å². The number of benzene rings is 3. The van der Waals surface area contributed by atoms with Crippen LogP contribution in [0.2, 0.25) is 0 Å². The monoisotopic (exact) mass is 695 g/mol. The van der Waals surface area contributed by atoms with Crippen molar-refractivity contribution in [3.8, 4) is 22.3 Å². The van der Waals surface area contributed by atoms with Gasteiger partial charge in [-0.3, -0.25) is 10.1 Å². The summed E-state index contributed by atoms with van der Waals surface area (Å²) in [5.74, 6) is 2.44. The lowest BCUT2D eigenvalue weighted by Crippen LogP contribution is -2.13. The highest BCUT2D eigenvalue weighted by atomic mass is 16.6. The minimum Gasteiger partial charge on any atom is -0.258 e. The highest BCUT2D eigenvalue weighted by Crippen LogP contribution is 2.45. The number of nitro groups is 1. The van der Waals surface area contributed by atoms with Crippen LogP contribution in [0.4, 0.5) is 28.7 Å². The number of nitro benzene ring substituents is 1. The van der Waals surface area contributed by atoms with Crippen LogP contribution in [0.1, 0.15) is 121 Å². The van der Waals surface area contributed by atoms with E-state index in [1.165, 1.54) is 0 Å². The van der Waals surface area contributed by atoms with E-state index >= 15 is 0 Å². The van der Waals surface area contributed by atoms with Gasteiger partial charge in [-0.05, 0) is 119 Å². The molecule has 0 aliphatic rings. The quantitative estimate of drug-likeness (QED) is 0.0596. The van der Waals surface area contributed by atoms with E-state index in [9.17, 15) is 10.1 Å². The fourth-order valence-electron chi connectivity index (χ4n) is 7.14. The molecule has 2 heterocycles. The van der Waals surface area contributed by atoms with Gasteiger partial charge in [-0.1, -0.05) is 67.5 Å². The molecule has 3 aromatic carbocycles. The van der Waals surface area contributed by atoms with Crippen LogP contribution in [0.15, 0.2) is 85.2 Å². The number of nitrogens with zero attached hydrogens (tertiary/aromatic N) is 5. The van der Waals surface area contributed by atoms with Gasteiger partial charge in [0.25, 0.3) is 5.69 Å². The second-order valence-corrected chi connectivity index (χ2v) is 14.7. The zero-order chi connectivity index (χ0) is 37.9. The number of pyridine rings is 2. The zero-order valence-electron chi connectivity index (χ0n) is 32.6. The molecule has 0 saturated heterocycles. The van der Waals surface area contributed by atoms with Crippen molar-refractivity contribution in [2.24, 2.45) is 0 Å². The molecule has 0 unspecified atom stereocenters. The Hall–Kier alpha value is -5.30. The first-order chi connectivity index (χ1) is 24.8. The van der Waals surface area contributed by atoms with E-state index in [1.54, 1.807) is 12.1 Å². The summed E-state index contributed by atoms with van der Waals surface area (Å²) in [5.41, 5.74) is 11.6. The molecule has 5 rings (SSSR count). The predicted octanol–water partition coefficient (Wildman–Crippen LogP) is 12.4. The summed E-state index contributed by atoms with van der Waals surface area (Å²) in [4.78, 5) is 21.7. The van der Waals surface area contributed by atoms with E-state index in [0.717, 1.165) is 73.1 Å². The van der Waals surface area contributed by atoms with Crippen molar-refractivity contribution >= 4 is 41.1 Å². The molecule has 52 heavy (non-hydrogen) atoms. The Morgan fingerprint density at radius 2 is 0.923 bits per heavy atom. The summed E-state index contributed by atoms with van der Waals surface area (Å²) in [7, 11) is 0. The average molecular weight is 696 g/mol. The molecule has 0 bridgehead atoms. The number of hydrogen-bond acceptors (Lipinski definition) is 4. The van der Waals surface area contributed by atoms with E-state index in [4.69, 9.17) is 0 Å². The summed E-state index contributed by atoms with van der Waals surface area (Å²) in [6.07, 6.45) is 7.77. The Kier molecular flexibility index (Phi) is 11.6. The molecule has 268 valence electrons. The maximum absolute atomic E-state index is 12.6. The van der Waals surface area contributed by atoms with Gasteiger partial charge in [0.05, 0.1) is 17.4 Å². The van der Waals surface area contributed by atoms with Gasteiger partial charge >= 0.3 is 11.6 Å². The van der Waals surface area contributed by atoms with Crippen LogP contribution in [0.3, 0.4) is 0 Å². The Balaban J connectivity index is 1.82. The Morgan fingerprint density at radius 3 is 1.17 bits per heavy atom. The fraction of sp³-hybridized carbons (Fsp3) is 0.333. The van der Waals surface area contributed by atoms with Crippen LogP contribution >= 0.6 is 0 Å². The van der Waals surface area contributed by atoms with Crippen LogP contribution in [0, 0.1) is 17.0 Å². The van der Waals surface area contributed by atoms with Crippen molar-refractivity contribution in [3.63, 3.8) is 0 Å². The number of hydrogen-bond donors (Lipinski definition) is 0. The fourth-order valence-corrected chi connectivity index (χ4v) is 7.14. The maximum atomic E-state index is 12.6. The lowest BCUT2D eigenvalue weighted by atomic mass is 9.84. The normalized spacial score (nSPS) is 12.4. The van der Waals surface area contributed by atoms with E-state index in [2.05, 4.69) is 118 Å². The van der Waals surface area contributed by atoms with Crippen LogP contribution in [-0.4, -0.2) is 27.3 Å². The number of non-ortho nitro benzene ring substituents is 1. The molecule has 0 amide bonds. The summed E-state index contributed by atoms with van der Waals surface area (Å²) in [5, 5.41) is 12.6. The van der Waals surface area contributed by atoms with Crippen molar-refractivity contribution in [2.45, 2.75) is 99.8 Å². The van der Waals surface area contributed by atoms with Crippen LogP contribution < -0.4 is 9.15 Å². The molecule has 0 fully saturated rings. The van der Waals surface area contributed by atoms with Gasteiger partial charge in [-0.25, -0.2) is 9.15 Å². The van der Waals surface area contributed by atoms with Gasteiger partial charge in [0.2, 0.25) is 0 Å². The topological polar surface area (TPSA) is 74.9 Å². The van der Waals surface area contributed by atoms with Crippen LogP contribution in [0.5, 0.6) is 0 Å². The lowest BCUT2D eigenvalue weighted by molar-refractivity contribution is -0.384. The smallest absolute Gasteiger partial charge is 0.258 e. The van der Waals surface area contributed by atoms with Crippen molar-refractivity contribution in [2.75, 3.05) is 0 Å². The molecule has 0 N–H and O–H groups in total. The SMILES string of the molecule is CC=[N+](c1ccccn1)c1c(C(C)C)cc(-c2cc([N+](=O)[O-])cc(-c3cc(C(C)C)c([N+](=CC)c4ccccn4)c(C(C)C)c3)c2C)cc1C(C)C. The van der Waals surface area contributed by atoms with Gasteiger partial charge in [0, 0.05) is 46.5 Å². The number of aromatic nitrogens is 2. The third-order valence-corrected chi connectivity index (χ3v) is 9.84. The molecule has 7 nitrogen and oxygen atoms in total. The average Bonchev–Trinajstić information content (AvgIpc) is 3.12. The van der Waals surface area contributed by atoms with Crippen molar-refractivity contribution in [1.29, 1.82) is 0 Å². The van der Waals surface area contributed by atoms with E-state index in [1.807, 2.05) is 62.6 Å². The van der Waals surface area contributed by atoms with Crippen molar-refractivity contribution < 1.29 is 4.92 Å². The van der Waals surface area contributed by atoms with Gasteiger partial charge in [-0.2, -0.15) is 0 Å². The first-order valence-electron chi connectivity index (χ1n) is 18.4. The minimum absolute atomic E-state index is 0.0761. The maximum Gasteiger partial charge on any atom is 0.327 e. The Bertz CT molecular complexity index is 1940. The Morgan fingerprint density at radius 1 is 0.577 bits per heavy atom. The van der Waals surface area contributed by atoms with Crippen molar-refractivity contribution in [3.05, 3.63) is 123 Å². The third kappa shape index (κ3) is 7.50. The first-order valence-corrected chi connectivity index (χ1v) is 18.4. The largest absolute Gasteiger partial charge is 0.327 e. The molecule has 0 atom stereocenters. The molecule has 0 radical (unpaired) electrons. The molecular formula is C45H53N5O2+2. The second-order valence-electron chi connectivity index (χ2n) is 14.7. The predicted molar refractivity (Wildman–Crippen MR) is 220 cm³/mol. The zero-order valence-corrected chi connectivity index (χ0v) is 32.6. The summed E-state index contributed by atoms with van der Waals surface area (Å²) >= 11 is 0. The molecule has 0 aliphatic heterocycles. The van der Waals surface area contributed by atoms with Crippen LogP contribution in [-0.2, 0) is 0 Å². The van der Waals surface area contributed by atoms with Gasteiger partial charge < -0.3 is 0 Å². The van der Waals surface area contributed by atoms with Crippen molar-refractivity contribution in [1.82, 2.24) is 19.1 Å². The van der Waals surface area contributed by atoms with Gasteiger partial charge in [0.1, 0.15) is 23.8 Å². The summed E-state index contributed by atoms with van der Waals surface area (Å²) in [6.45, 7) is 23.8. The summed E-state index contributed by atoms with van der Waals surface area (Å²) < 4.78 is 4.34. The second kappa shape index (κ2) is 15.9. The Labute approximate surface area is 309 Å². The van der Waals surface area contributed by atoms with E-state index in [0.29, 0.717) is 0 Å². The highest BCUT2D eigenvalue weighted by molar-refractivity contribution is 5.86. The molecule has 5 aromatic rings. The molecule has 0 aliphatic carbocycles. The lowest BCUT2D eigenvalue weighted by Gasteiger charge is -2.23. The molecule has 2 aromatic heterocycles.